The summed E-state index contributed by atoms with van der Waals surface area (Å²) in [6.45, 7) is 17.2. The van der Waals surface area contributed by atoms with Crippen molar-refractivity contribution >= 4 is 11.9 Å². The van der Waals surface area contributed by atoms with E-state index in [9.17, 15) is 4.79 Å². The number of likely N-dealkylation sites (tertiary alicyclic amines) is 1. The van der Waals surface area contributed by atoms with Crippen LogP contribution in [0.15, 0.2) is 18.3 Å². The van der Waals surface area contributed by atoms with Crippen molar-refractivity contribution in [1.29, 1.82) is 0 Å². The Hall–Kier alpha value is -1.62. The van der Waals surface area contributed by atoms with Gasteiger partial charge in [-0.1, -0.05) is 33.8 Å². The smallest absolute Gasteiger partial charge is 0.416 e. The summed E-state index contributed by atoms with van der Waals surface area (Å²) in [4.78, 5) is 21.5. The van der Waals surface area contributed by atoms with Gasteiger partial charge < -0.3 is 4.74 Å². The monoisotopic (exact) mass is 375 g/mol. The molecule has 0 saturated carbocycles. The molecule has 0 N–H and O–H groups in total. The highest BCUT2D eigenvalue weighted by Gasteiger charge is 2.28. The third-order valence-corrected chi connectivity index (χ3v) is 4.56. The summed E-state index contributed by atoms with van der Waals surface area (Å²) in [7, 11) is 0. The molecule has 2 rings (SSSR count). The van der Waals surface area contributed by atoms with Gasteiger partial charge in [-0.25, -0.2) is 9.78 Å². The van der Waals surface area contributed by atoms with Crippen LogP contribution >= 0.6 is 0 Å². The van der Waals surface area contributed by atoms with Crippen LogP contribution in [0.2, 0.25) is 0 Å². The van der Waals surface area contributed by atoms with E-state index in [1.807, 2.05) is 33.0 Å². The van der Waals surface area contributed by atoms with Gasteiger partial charge in [0.2, 0.25) is 0 Å². The Bertz CT molecular complexity index is 605. The molecule has 5 heteroatoms. The Kier molecular flexibility index (Phi) is 7.26. The zero-order chi connectivity index (χ0) is 20.2. The lowest BCUT2D eigenvalue weighted by Gasteiger charge is -2.29. The van der Waals surface area contributed by atoms with Crippen LogP contribution in [0.25, 0.3) is 0 Å². The van der Waals surface area contributed by atoms with Gasteiger partial charge >= 0.3 is 6.09 Å². The number of rotatable bonds is 6. The molecule has 0 spiro atoms. The van der Waals surface area contributed by atoms with Crippen LogP contribution in [0.3, 0.4) is 0 Å². The minimum Gasteiger partial charge on any atom is -0.443 e. The first-order valence-electron chi connectivity index (χ1n) is 10.3. The number of amides is 1. The highest BCUT2D eigenvalue weighted by molar-refractivity contribution is 5.86. The highest BCUT2D eigenvalue weighted by atomic mass is 16.6. The number of ether oxygens (including phenoxy) is 1. The molecule has 1 fully saturated rings. The molecule has 1 atom stereocenters. The van der Waals surface area contributed by atoms with Crippen LogP contribution in [-0.2, 0) is 4.74 Å². The second-order valence-corrected chi connectivity index (χ2v) is 9.48. The van der Waals surface area contributed by atoms with Gasteiger partial charge in [0, 0.05) is 25.3 Å². The molecule has 1 aliphatic rings. The third kappa shape index (κ3) is 6.49. The minimum atomic E-state index is -0.520. The quantitative estimate of drug-likeness (QED) is 0.679. The van der Waals surface area contributed by atoms with Crippen LogP contribution < -0.4 is 4.90 Å². The molecule has 152 valence electrons. The molecule has 1 saturated heterocycles. The van der Waals surface area contributed by atoms with Crippen molar-refractivity contribution in [3.63, 3.8) is 0 Å². The Morgan fingerprint density at radius 1 is 1.26 bits per heavy atom. The van der Waals surface area contributed by atoms with Gasteiger partial charge in [-0.05, 0) is 63.6 Å². The van der Waals surface area contributed by atoms with E-state index in [0.29, 0.717) is 30.2 Å². The topological polar surface area (TPSA) is 45.7 Å². The van der Waals surface area contributed by atoms with Crippen molar-refractivity contribution in [3.05, 3.63) is 23.9 Å². The largest absolute Gasteiger partial charge is 0.443 e. The molecule has 1 aromatic heterocycles. The number of carbonyl (C=O) groups excluding carboxylic acids is 1. The summed E-state index contributed by atoms with van der Waals surface area (Å²) in [5.74, 6) is 1.65. The Labute approximate surface area is 165 Å². The maximum absolute atomic E-state index is 12.7. The van der Waals surface area contributed by atoms with Crippen LogP contribution in [-0.4, -0.2) is 41.2 Å². The first-order chi connectivity index (χ1) is 12.6. The van der Waals surface area contributed by atoms with Crippen molar-refractivity contribution in [1.82, 2.24) is 9.88 Å². The van der Waals surface area contributed by atoms with Crippen molar-refractivity contribution in [2.45, 2.75) is 73.0 Å². The number of hydrogen-bond acceptors (Lipinski definition) is 4. The van der Waals surface area contributed by atoms with Gasteiger partial charge in [0.1, 0.15) is 11.4 Å². The Morgan fingerprint density at radius 3 is 2.48 bits per heavy atom. The summed E-state index contributed by atoms with van der Waals surface area (Å²) < 4.78 is 5.58. The normalized spacial score (nSPS) is 18.3. The van der Waals surface area contributed by atoms with Crippen LogP contribution in [0, 0.1) is 11.8 Å². The molecule has 2 heterocycles. The Morgan fingerprint density at radius 2 is 1.96 bits per heavy atom. The number of pyridine rings is 1. The van der Waals surface area contributed by atoms with Crippen molar-refractivity contribution in [3.8, 4) is 0 Å². The fourth-order valence-electron chi connectivity index (χ4n) is 3.59. The second-order valence-electron chi connectivity index (χ2n) is 9.48. The molecule has 0 radical (unpaired) electrons. The predicted molar refractivity (Wildman–Crippen MR) is 111 cm³/mol. The number of anilines is 1. The van der Waals surface area contributed by atoms with Gasteiger partial charge in [0.15, 0.2) is 0 Å². The zero-order valence-electron chi connectivity index (χ0n) is 18.2. The highest BCUT2D eigenvalue weighted by Crippen LogP contribution is 2.32. The molecule has 27 heavy (non-hydrogen) atoms. The summed E-state index contributed by atoms with van der Waals surface area (Å²) in [5, 5.41) is 0. The van der Waals surface area contributed by atoms with E-state index in [2.05, 4.69) is 43.6 Å². The molecular weight excluding hydrogens is 338 g/mol. The van der Waals surface area contributed by atoms with Gasteiger partial charge in [-0.2, -0.15) is 0 Å². The lowest BCUT2D eigenvalue weighted by molar-refractivity contribution is 0.0575. The molecule has 0 aliphatic carbocycles. The average molecular weight is 376 g/mol. The molecule has 1 aliphatic heterocycles. The summed E-state index contributed by atoms with van der Waals surface area (Å²) in [6, 6.07) is 4.53. The molecule has 1 aromatic rings. The van der Waals surface area contributed by atoms with Gasteiger partial charge in [0.05, 0.1) is 0 Å². The average Bonchev–Trinajstić information content (AvgIpc) is 2.98. The number of aromatic nitrogens is 1. The fourth-order valence-corrected chi connectivity index (χ4v) is 3.59. The van der Waals surface area contributed by atoms with Crippen LogP contribution in [0.4, 0.5) is 10.6 Å². The SMILES string of the molecule is CC(C)CN(C(=O)OC(C)(C)C)c1ccc([C@@H]2CCCN2CC(C)C)cn1. The lowest BCUT2D eigenvalue weighted by Crippen LogP contribution is -2.39. The number of hydrogen-bond donors (Lipinski definition) is 0. The first-order valence-corrected chi connectivity index (χ1v) is 10.3. The van der Waals surface area contributed by atoms with E-state index >= 15 is 0 Å². The van der Waals surface area contributed by atoms with E-state index in [4.69, 9.17) is 4.74 Å². The summed E-state index contributed by atoms with van der Waals surface area (Å²) >= 11 is 0. The molecule has 5 nitrogen and oxygen atoms in total. The lowest BCUT2D eigenvalue weighted by atomic mass is 10.1. The van der Waals surface area contributed by atoms with Crippen molar-refractivity contribution in [2.24, 2.45) is 11.8 Å². The van der Waals surface area contributed by atoms with E-state index < -0.39 is 5.60 Å². The molecule has 0 unspecified atom stereocenters. The third-order valence-electron chi connectivity index (χ3n) is 4.56. The van der Waals surface area contributed by atoms with E-state index in [-0.39, 0.29) is 6.09 Å². The predicted octanol–water partition coefficient (Wildman–Crippen LogP) is 5.27. The fraction of sp³-hybridized carbons (Fsp3) is 0.727. The Balaban J connectivity index is 2.17. The van der Waals surface area contributed by atoms with E-state index in [1.165, 1.54) is 18.4 Å². The molecule has 1 amide bonds. The standard InChI is InChI=1S/C22H37N3O2/c1-16(2)14-24-12-8-9-19(24)18-10-11-20(23-13-18)25(15-17(3)4)21(26)27-22(5,6)7/h10-11,13,16-17,19H,8-9,12,14-15H2,1-7H3/t19-/m0/s1. The number of nitrogens with zero attached hydrogens (tertiary/aromatic N) is 3. The summed E-state index contributed by atoms with van der Waals surface area (Å²) in [5.41, 5.74) is 0.721. The van der Waals surface area contributed by atoms with Crippen LogP contribution in [0.5, 0.6) is 0 Å². The molecule has 0 aromatic carbocycles. The molecule has 0 bridgehead atoms. The van der Waals surface area contributed by atoms with Crippen molar-refractivity contribution in [2.75, 3.05) is 24.5 Å². The first kappa shape index (κ1) is 21.7. The number of carbonyl (C=O) groups is 1. The zero-order valence-corrected chi connectivity index (χ0v) is 18.2. The van der Waals surface area contributed by atoms with Gasteiger partial charge in [-0.15, -0.1) is 0 Å². The second kappa shape index (κ2) is 9.05. The van der Waals surface area contributed by atoms with Gasteiger partial charge in [0.25, 0.3) is 0 Å². The van der Waals surface area contributed by atoms with Crippen molar-refractivity contribution < 1.29 is 9.53 Å². The van der Waals surface area contributed by atoms with Crippen LogP contribution in [0.1, 0.15) is 72.9 Å². The van der Waals surface area contributed by atoms with E-state index in [0.717, 1.165) is 13.1 Å². The van der Waals surface area contributed by atoms with E-state index in [1.54, 1.807) is 4.90 Å². The summed E-state index contributed by atoms with van der Waals surface area (Å²) in [6.07, 6.45) is 4.02. The van der Waals surface area contributed by atoms with Gasteiger partial charge in [-0.3, -0.25) is 9.80 Å². The molecular formula is C22H37N3O2. The maximum Gasteiger partial charge on any atom is 0.416 e. The maximum atomic E-state index is 12.7. The minimum absolute atomic E-state index is 0.329.